The first-order chi connectivity index (χ1) is 7.85. The van der Waals surface area contributed by atoms with Gasteiger partial charge in [0.25, 0.3) is 0 Å². The zero-order chi connectivity index (χ0) is 11.4. The molecule has 0 heterocycles. The van der Waals surface area contributed by atoms with Gasteiger partial charge >= 0.3 is 0 Å². The van der Waals surface area contributed by atoms with Gasteiger partial charge in [-0.15, -0.1) is 0 Å². The van der Waals surface area contributed by atoms with Gasteiger partial charge in [-0.1, -0.05) is 13.8 Å². The van der Waals surface area contributed by atoms with Crippen LogP contribution in [-0.4, -0.2) is 36.1 Å². The second kappa shape index (κ2) is 6.02. The zero-order valence-electron chi connectivity index (χ0n) is 11.0. The highest BCUT2D eigenvalue weighted by Crippen LogP contribution is 2.33. The standard InChI is InChI=1S/C14H28N2/c1-3-11-15-12-5-7-13(8-6-12)16(4-2)14-9-10-14/h12-15H,3-11H2,1-2H3. The van der Waals surface area contributed by atoms with E-state index in [1.54, 1.807) is 0 Å². The summed E-state index contributed by atoms with van der Waals surface area (Å²) in [6.07, 6.45) is 9.83. The molecule has 0 amide bonds. The molecule has 0 aromatic rings. The van der Waals surface area contributed by atoms with E-state index in [9.17, 15) is 0 Å². The summed E-state index contributed by atoms with van der Waals surface area (Å²) in [5.74, 6) is 0. The van der Waals surface area contributed by atoms with Gasteiger partial charge < -0.3 is 5.32 Å². The summed E-state index contributed by atoms with van der Waals surface area (Å²) in [5.41, 5.74) is 0. The van der Waals surface area contributed by atoms with Crippen LogP contribution in [-0.2, 0) is 0 Å². The van der Waals surface area contributed by atoms with Crippen LogP contribution in [0.3, 0.4) is 0 Å². The van der Waals surface area contributed by atoms with Gasteiger partial charge in [0.2, 0.25) is 0 Å². The van der Waals surface area contributed by atoms with E-state index in [-0.39, 0.29) is 0 Å². The fourth-order valence-corrected chi connectivity index (χ4v) is 3.18. The van der Waals surface area contributed by atoms with E-state index < -0.39 is 0 Å². The molecule has 0 aromatic carbocycles. The van der Waals surface area contributed by atoms with Crippen LogP contribution in [0, 0.1) is 0 Å². The lowest BCUT2D eigenvalue weighted by molar-refractivity contribution is 0.142. The predicted molar refractivity (Wildman–Crippen MR) is 69.7 cm³/mol. The average Bonchev–Trinajstić information content (AvgIpc) is 3.13. The van der Waals surface area contributed by atoms with Crippen LogP contribution in [0.2, 0.25) is 0 Å². The van der Waals surface area contributed by atoms with Gasteiger partial charge in [-0.3, -0.25) is 4.90 Å². The second-order valence-electron chi connectivity index (χ2n) is 5.52. The lowest BCUT2D eigenvalue weighted by Crippen LogP contribution is -2.43. The molecule has 2 saturated carbocycles. The van der Waals surface area contributed by atoms with Crippen LogP contribution < -0.4 is 5.32 Å². The Morgan fingerprint density at radius 3 is 1.94 bits per heavy atom. The van der Waals surface area contributed by atoms with Crippen molar-refractivity contribution in [3.8, 4) is 0 Å². The van der Waals surface area contributed by atoms with Gasteiger partial charge in [0.1, 0.15) is 0 Å². The molecule has 0 aromatic heterocycles. The first-order valence-electron chi connectivity index (χ1n) is 7.34. The maximum absolute atomic E-state index is 3.68. The van der Waals surface area contributed by atoms with Gasteiger partial charge in [-0.25, -0.2) is 0 Å². The van der Waals surface area contributed by atoms with Crippen LogP contribution in [0.15, 0.2) is 0 Å². The summed E-state index contributed by atoms with van der Waals surface area (Å²) in [7, 11) is 0. The minimum absolute atomic E-state index is 0.814. The maximum atomic E-state index is 3.68. The van der Waals surface area contributed by atoms with Crippen molar-refractivity contribution in [2.75, 3.05) is 13.1 Å². The molecule has 0 unspecified atom stereocenters. The third-order valence-corrected chi connectivity index (χ3v) is 4.23. The molecule has 94 valence electrons. The Hall–Kier alpha value is -0.0800. The predicted octanol–water partition coefficient (Wildman–Crippen LogP) is 2.78. The molecule has 0 radical (unpaired) electrons. The first-order valence-corrected chi connectivity index (χ1v) is 7.34. The number of nitrogens with zero attached hydrogens (tertiary/aromatic N) is 1. The number of hydrogen-bond donors (Lipinski definition) is 1. The van der Waals surface area contributed by atoms with Gasteiger partial charge in [0.05, 0.1) is 0 Å². The molecule has 2 fully saturated rings. The fraction of sp³-hybridized carbons (Fsp3) is 1.00. The van der Waals surface area contributed by atoms with Crippen molar-refractivity contribution in [3.05, 3.63) is 0 Å². The summed E-state index contributed by atoms with van der Waals surface area (Å²) in [6, 6.07) is 2.67. The molecular weight excluding hydrogens is 196 g/mol. The van der Waals surface area contributed by atoms with Gasteiger partial charge in [-0.2, -0.15) is 0 Å². The van der Waals surface area contributed by atoms with E-state index in [2.05, 4.69) is 24.1 Å². The zero-order valence-corrected chi connectivity index (χ0v) is 11.0. The Morgan fingerprint density at radius 1 is 0.938 bits per heavy atom. The monoisotopic (exact) mass is 224 g/mol. The highest BCUT2D eigenvalue weighted by Gasteiger charge is 2.34. The number of nitrogens with one attached hydrogen (secondary N) is 1. The van der Waals surface area contributed by atoms with E-state index in [0.29, 0.717) is 0 Å². The first kappa shape index (κ1) is 12.4. The lowest BCUT2D eigenvalue weighted by Gasteiger charge is -2.36. The average molecular weight is 224 g/mol. The van der Waals surface area contributed by atoms with Crippen LogP contribution in [0.25, 0.3) is 0 Å². The van der Waals surface area contributed by atoms with E-state index in [1.165, 1.54) is 58.0 Å². The third kappa shape index (κ3) is 3.21. The van der Waals surface area contributed by atoms with E-state index >= 15 is 0 Å². The summed E-state index contributed by atoms with van der Waals surface area (Å²) >= 11 is 0. The Morgan fingerprint density at radius 2 is 1.50 bits per heavy atom. The molecule has 16 heavy (non-hydrogen) atoms. The molecule has 0 atom stereocenters. The molecule has 2 aliphatic rings. The van der Waals surface area contributed by atoms with Gasteiger partial charge in [-0.05, 0) is 58.0 Å². The van der Waals surface area contributed by atoms with E-state index in [1.807, 2.05) is 0 Å². The highest BCUT2D eigenvalue weighted by molar-refractivity contribution is 4.91. The van der Waals surface area contributed by atoms with E-state index in [0.717, 1.165) is 18.1 Å². The van der Waals surface area contributed by atoms with Crippen LogP contribution in [0.4, 0.5) is 0 Å². The molecule has 2 aliphatic carbocycles. The number of rotatable bonds is 6. The van der Waals surface area contributed by atoms with Gasteiger partial charge in [0, 0.05) is 18.1 Å². The molecule has 1 N–H and O–H groups in total. The fourth-order valence-electron chi connectivity index (χ4n) is 3.18. The molecular formula is C14H28N2. The Kier molecular flexibility index (Phi) is 4.66. The van der Waals surface area contributed by atoms with Crippen molar-refractivity contribution in [3.63, 3.8) is 0 Å². The maximum Gasteiger partial charge on any atom is 0.00992 e. The van der Waals surface area contributed by atoms with Crippen molar-refractivity contribution in [1.82, 2.24) is 10.2 Å². The molecule has 2 rings (SSSR count). The molecule has 2 heteroatoms. The molecule has 0 saturated heterocycles. The minimum Gasteiger partial charge on any atom is -0.314 e. The van der Waals surface area contributed by atoms with E-state index in [4.69, 9.17) is 0 Å². The van der Waals surface area contributed by atoms with Crippen molar-refractivity contribution in [1.29, 1.82) is 0 Å². The Bertz CT molecular complexity index is 193. The molecule has 0 bridgehead atoms. The smallest absolute Gasteiger partial charge is 0.00992 e. The molecule has 0 spiro atoms. The summed E-state index contributed by atoms with van der Waals surface area (Å²) in [6.45, 7) is 7.06. The van der Waals surface area contributed by atoms with Crippen molar-refractivity contribution < 1.29 is 0 Å². The van der Waals surface area contributed by atoms with Crippen LogP contribution in [0.5, 0.6) is 0 Å². The molecule has 0 aliphatic heterocycles. The topological polar surface area (TPSA) is 15.3 Å². The number of hydrogen-bond acceptors (Lipinski definition) is 2. The van der Waals surface area contributed by atoms with Crippen molar-refractivity contribution in [2.24, 2.45) is 0 Å². The lowest BCUT2D eigenvalue weighted by atomic mass is 9.90. The Balaban J connectivity index is 1.71. The highest BCUT2D eigenvalue weighted by atomic mass is 15.2. The van der Waals surface area contributed by atoms with Crippen LogP contribution >= 0.6 is 0 Å². The SMILES string of the molecule is CCCNC1CCC(N(CC)C2CC2)CC1. The van der Waals surface area contributed by atoms with Crippen molar-refractivity contribution in [2.45, 2.75) is 76.9 Å². The quantitative estimate of drug-likeness (QED) is 0.746. The third-order valence-electron chi connectivity index (χ3n) is 4.23. The minimum atomic E-state index is 0.814. The summed E-state index contributed by atoms with van der Waals surface area (Å²) < 4.78 is 0. The van der Waals surface area contributed by atoms with Crippen LogP contribution in [0.1, 0.15) is 58.8 Å². The Labute approximate surface area is 101 Å². The summed E-state index contributed by atoms with van der Waals surface area (Å²) in [4.78, 5) is 2.77. The molecule has 2 nitrogen and oxygen atoms in total. The largest absolute Gasteiger partial charge is 0.314 e. The normalized spacial score (nSPS) is 30.9. The van der Waals surface area contributed by atoms with Gasteiger partial charge in [0.15, 0.2) is 0 Å². The second-order valence-corrected chi connectivity index (χ2v) is 5.52. The summed E-state index contributed by atoms with van der Waals surface area (Å²) in [5, 5.41) is 3.68. The van der Waals surface area contributed by atoms with Crippen molar-refractivity contribution >= 4 is 0 Å².